The number of hydrogen-bond donors (Lipinski definition) is 2. The Morgan fingerprint density at radius 1 is 1.09 bits per heavy atom. The maximum absolute atomic E-state index is 13.3. The first-order valence-corrected chi connectivity index (χ1v) is 12.2. The van der Waals surface area contributed by atoms with Crippen LogP contribution in [0, 0.1) is 0 Å². The van der Waals surface area contributed by atoms with Gasteiger partial charge in [-0.1, -0.05) is 54.1 Å². The fourth-order valence-corrected chi connectivity index (χ4v) is 3.47. The molecule has 0 saturated heterocycles. The molecule has 32 heavy (non-hydrogen) atoms. The highest BCUT2D eigenvalue weighted by Gasteiger charge is 2.32. The molecule has 0 bridgehead atoms. The van der Waals surface area contributed by atoms with E-state index in [-0.39, 0.29) is 19.7 Å². The lowest BCUT2D eigenvalue weighted by molar-refractivity contribution is -0.141. The van der Waals surface area contributed by atoms with Crippen LogP contribution < -0.4 is 5.32 Å². The van der Waals surface area contributed by atoms with Crippen molar-refractivity contribution in [1.29, 1.82) is 0 Å². The molecule has 0 aromatic heterocycles. The molecule has 0 aliphatic carbocycles. The summed E-state index contributed by atoms with van der Waals surface area (Å²) in [6, 6.07) is 14.6. The van der Waals surface area contributed by atoms with Crippen molar-refractivity contribution in [1.82, 2.24) is 14.5 Å². The van der Waals surface area contributed by atoms with Gasteiger partial charge in [-0.05, 0) is 29.7 Å². The van der Waals surface area contributed by atoms with E-state index in [2.05, 4.69) is 5.32 Å². The van der Waals surface area contributed by atoms with Crippen LogP contribution in [0.1, 0.15) is 23.6 Å². The fraction of sp³-hybridized carbons (Fsp3) is 0.364. The van der Waals surface area contributed by atoms with Crippen LogP contribution in [0.2, 0.25) is 5.02 Å². The minimum atomic E-state index is -3.60. The summed E-state index contributed by atoms with van der Waals surface area (Å²) >= 11 is 5.97. The number of hydrogen-bond acceptors (Lipinski definition) is 5. The predicted molar refractivity (Wildman–Crippen MR) is 123 cm³/mol. The van der Waals surface area contributed by atoms with Gasteiger partial charge in [0.1, 0.15) is 6.04 Å². The first kappa shape index (κ1) is 25.8. The second kappa shape index (κ2) is 12.0. The molecule has 2 amide bonds. The predicted octanol–water partition coefficient (Wildman–Crippen LogP) is 1.80. The largest absolute Gasteiger partial charge is 0.396 e. The first-order chi connectivity index (χ1) is 15.1. The molecule has 0 saturated carbocycles. The summed E-state index contributed by atoms with van der Waals surface area (Å²) in [7, 11) is -2.29. The molecular formula is C22H28ClN3O5S. The topological polar surface area (TPSA) is 107 Å². The third-order valence-corrected chi connectivity index (χ3v) is 6.33. The number of carbonyl (C=O) groups excluding carboxylic acids is 2. The van der Waals surface area contributed by atoms with Gasteiger partial charge in [-0.3, -0.25) is 9.59 Å². The summed E-state index contributed by atoms with van der Waals surface area (Å²) in [5.41, 5.74) is 1.31. The molecule has 2 aromatic carbocycles. The van der Waals surface area contributed by atoms with Crippen molar-refractivity contribution in [3.8, 4) is 0 Å². The minimum Gasteiger partial charge on any atom is -0.396 e. The maximum Gasteiger partial charge on any atom is 0.247 e. The number of nitrogens with one attached hydrogen (secondary N) is 1. The van der Waals surface area contributed by atoms with Crippen LogP contribution in [0.3, 0.4) is 0 Å². The van der Waals surface area contributed by atoms with Crippen molar-refractivity contribution < 1.29 is 23.1 Å². The van der Waals surface area contributed by atoms with Crippen molar-refractivity contribution in [2.24, 2.45) is 0 Å². The highest BCUT2D eigenvalue weighted by Crippen LogP contribution is 2.25. The molecule has 0 aliphatic rings. The molecule has 8 nitrogen and oxygen atoms in total. The van der Waals surface area contributed by atoms with Crippen molar-refractivity contribution >= 4 is 33.4 Å². The molecule has 2 aromatic rings. The second-order valence-corrected chi connectivity index (χ2v) is 9.87. The zero-order valence-corrected chi connectivity index (χ0v) is 19.6. The van der Waals surface area contributed by atoms with Crippen molar-refractivity contribution in [3.05, 3.63) is 70.7 Å². The number of nitrogens with zero attached hydrogens (tertiary/aromatic N) is 2. The van der Waals surface area contributed by atoms with Gasteiger partial charge in [-0.15, -0.1) is 0 Å². The van der Waals surface area contributed by atoms with E-state index < -0.39 is 34.4 Å². The third kappa shape index (κ3) is 7.59. The standard InChI is InChI=1S/C22H28ClN3O5S/c1-25(32(2,30)31)16-20(28)26(15-17-9-11-19(23)12-10-17)21(18-7-4-3-5-8-18)22(29)24-13-6-14-27/h3-5,7-12,21,27H,6,13-16H2,1-2H3,(H,24,29)/t21-/m0/s1. The summed E-state index contributed by atoms with van der Waals surface area (Å²) in [5, 5.41) is 12.3. The van der Waals surface area contributed by atoms with E-state index in [4.69, 9.17) is 16.7 Å². The molecule has 1 atom stereocenters. The monoisotopic (exact) mass is 481 g/mol. The molecule has 0 radical (unpaired) electrons. The zero-order valence-electron chi connectivity index (χ0n) is 18.1. The molecule has 2 rings (SSSR count). The maximum atomic E-state index is 13.3. The number of likely N-dealkylation sites (N-methyl/N-ethyl adjacent to an activating group) is 1. The number of carbonyl (C=O) groups is 2. The first-order valence-electron chi connectivity index (χ1n) is 10.0. The van der Waals surface area contributed by atoms with E-state index in [0.29, 0.717) is 17.0 Å². The van der Waals surface area contributed by atoms with Crippen molar-refractivity contribution in [3.63, 3.8) is 0 Å². The Kier molecular flexibility index (Phi) is 9.64. The lowest BCUT2D eigenvalue weighted by atomic mass is 10.0. The average molecular weight is 482 g/mol. The molecule has 2 N–H and O–H groups in total. The Hall–Kier alpha value is -2.46. The van der Waals surface area contributed by atoms with Gasteiger partial charge in [-0.25, -0.2) is 8.42 Å². The molecule has 174 valence electrons. The fourth-order valence-electron chi connectivity index (χ4n) is 3.00. The molecule has 10 heteroatoms. The van der Waals surface area contributed by atoms with E-state index in [0.717, 1.165) is 16.1 Å². The number of aliphatic hydroxyl groups is 1. The van der Waals surface area contributed by atoms with Crippen LogP contribution in [0.15, 0.2) is 54.6 Å². The van der Waals surface area contributed by atoms with E-state index >= 15 is 0 Å². The lowest BCUT2D eigenvalue weighted by Crippen LogP contribution is -2.47. The van der Waals surface area contributed by atoms with E-state index in [9.17, 15) is 18.0 Å². The van der Waals surface area contributed by atoms with Gasteiger partial charge < -0.3 is 15.3 Å². The van der Waals surface area contributed by atoms with Crippen LogP contribution in [0.5, 0.6) is 0 Å². The number of rotatable bonds is 11. The Labute approximate surface area is 193 Å². The van der Waals surface area contributed by atoms with Crippen LogP contribution >= 0.6 is 11.6 Å². The van der Waals surface area contributed by atoms with Crippen LogP contribution in [-0.2, 0) is 26.2 Å². The van der Waals surface area contributed by atoms with Gasteiger partial charge in [0.15, 0.2) is 0 Å². The van der Waals surface area contributed by atoms with E-state index in [1.807, 2.05) is 0 Å². The summed E-state index contributed by atoms with van der Waals surface area (Å²) in [6.07, 6.45) is 1.38. The van der Waals surface area contributed by atoms with Gasteiger partial charge in [0.25, 0.3) is 0 Å². The second-order valence-electron chi connectivity index (χ2n) is 7.35. The average Bonchev–Trinajstić information content (AvgIpc) is 2.75. The van der Waals surface area contributed by atoms with Gasteiger partial charge in [0, 0.05) is 31.8 Å². The van der Waals surface area contributed by atoms with E-state index in [1.54, 1.807) is 54.6 Å². The smallest absolute Gasteiger partial charge is 0.247 e. The van der Waals surface area contributed by atoms with Gasteiger partial charge in [0.05, 0.1) is 12.8 Å². The van der Waals surface area contributed by atoms with Crippen molar-refractivity contribution in [2.45, 2.75) is 19.0 Å². The normalized spacial score (nSPS) is 12.4. The molecule has 0 aliphatic heterocycles. The molecule has 0 unspecified atom stereocenters. The Morgan fingerprint density at radius 2 is 1.72 bits per heavy atom. The Balaban J connectivity index is 2.45. The summed E-state index contributed by atoms with van der Waals surface area (Å²) in [5.74, 6) is -0.951. The SMILES string of the molecule is CN(CC(=O)N(Cc1ccc(Cl)cc1)[C@H](C(=O)NCCCO)c1ccccc1)S(C)(=O)=O. The highest BCUT2D eigenvalue weighted by molar-refractivity contribution is 7.88. The van der Waals surface area contributed by atoms with Gasteiger partial charge in [-0.2, -0.15) is 4.31 Å². The van der Waals surface area contributed by atoms with Crippen LogP contribution in [0.25, 0.3) is 0 Å². The van der Waals surface area contributed by atoms with E-state index in [1.165, 1.54) is 11.9 Å². The molecule has 0 heterocycles. The highest BCUT2D eigenvalue weighted by atomic mass is 35.5. The van der Waals surface area contributed by atoms with Crippen LogP contribution in [0.4, 0.5) is 0 Å². The number of aliphatic hydroxyl groups excluding tert-OH is 1. The number of sulfonamides is 1. The Bertz CT molecular complexity index is 1000. The zero-order chi connectivity index (χ0) is 23.7. The summed E-state index contributed by atoms with van der Waals surface area (Å²) < 4.78 is 24.7. The third-order valence-electron chi connectivity index (χ3n) is 4.82. The number of amides is 2. The molecule has 0 fully saturated rings. The summed E-state index contributed by atoms with van der Waals surface area (Å²) in [6.45, 7) is -0.187. The minimum absolute atomic E-state index is 0.0700. The molecule has 0 spiro atoms. The lowest BCUT2D eigenvalue weighted by Gasteiger charge is -2.32. The van der Waals surface area contributed by atoms with Gasteiger partial charge >= 0.3 is 0 Å². The van der Waals surface area contributed by atoms with Gasteiger partial charge in [0.2, 0.25) is 21.8 Å². The summed E-state index contributed by atoms with van der Waals surface area (Å²) in [4.78, 5) is 27.8. The Morgan fingerprint density at radius 3 is 2.28 bits per heavy atom. The van der Waals surface area contributed by atoms with Crippen LogP contribution in [-0.4, -0.2) is 67.5 Å². The number of benzene rings is 2. The number of halogens is 1. The van der Waals surface area contributed by atoms with Crippen molar-refractivity contribution in [2.75, 3.05) is 33.0 Å². The quantitative estimate of drug-likeness (QED) is 0.476. The molecular weight excluding hydrogens is 454 g/mol.